The van der Waals surface area contributed by atoms with Gasteiger partial charge in [-0.2, -0.15) is 0 Å². The normalized spacial score (nSPS) is 37.9. The number of allylic oxidation sites excluding steroid dienone is 2. The van der Waals surface area contributed by atoms with E-state index in [0.717, 1.165) is 24.2 Å². The molecule has 0 radical (unpaired) electrons. The van der Waals surface area contributed by atoms with Crippen molar-refractivity contribution in [2.24, 2.45) is 23.2 Å². The van der Waals surface area contributed by atoms with Crippen LogP contribution in [0.4, 0.5) is 0 Å². The Labute approximate surface area is 93.6 Å². The summed E-state index contributed by atoms with van der Waals surface area (Å²) in [5.74, 6) is 2.61. The summed E-state index contributed by atoms with van der Waals surface area (Å²) in [7, 11) is 0. The molecule has 3 atom stereocenters. The molecule has 3 unspecified atom stereocenters. The largest absolute Gasteiger partial charge is 0.396 e. The molecule has 1 heteroatoms. The molecule has 86 valence electrons. The zero-order valence-corrected chi connectivity index (χ0v) is 10.3. The zero-order chi connectivity index (χ0) is 11.1. The van der Waals surface area contributed by atoms with Gasteiger partial charge in [-0.15, -0.1) is 0 Å². The molecule has 0 heterocycles. The number of aliphatic hydroxyl groups excluding tert-OH is 1. The van der Waals surface area contributed by atoms with E-state index < -0.39 is 0 Å². The average Bonchev–Trinajstić information content (AvgIpc) is 2.84. The first-order chi connectivity index (χ1) is 7.05. The smallest absolute Gasteiger partial charge is 0.0433 e. The summed E-state index contributed by atoms with van der Waals surface area (Å²) in [6.07, 6.45) is 7.48. The molecule has 15 heavy (non-hydrogen) atoms. The third-order valence-corrected chi connectivity index (χ3v) is 4.90. The highest BCUT2D eigenvalue weighted by atomic mass is 16.3. The van der Waals surface area contributed by atoms with Gasteiger partial charge in [-0.05, 0) is 55.8 Å². The van der Waals surface area contributed by atoms with Crippen LogP contribution in [0.5, 0.6) is 0 Å². The van der Waals surface area contributed by atoms with E-state index in [-0.39, 0.29) is 0 Å². The molecule has 1 saturated carbocycles. The molecule has 2 aliphatic rings. The van der Waals surface area contributed by atoms with Crippen molar-refractivity contribution < 1.29 is 5.11 Å². The SMILES string of the molecule is CC1=CCC(CC2CC2CCO)C1(C)C. The van der Waals surface area contributed by atoms with Gasteiger partial charge in [0.1, 0.15) is 0 Å². The Morgan fingerprint density at radius 1 is 1.40 bits per heavy atom. The minimum atomic E-state index is 0.381. The quantitative estimate of drug-likeness (QED) is 0.702. The Morgan fingerprint density at radius 2 is 2.13 bits per heavy atom. The molecular weight excluding hydrogens is 184 g/mol. The van der Waals surface area contributed by atoms with Gasteiger partial charge in [-0.1, -0.05) is 25.5 Å². The summed E-state index contributed by atoms with van der Waals surface area (Å²) >= 11 is 0. The van der Waals surface area contributed by atoms with Crippen molar-refractivity contribution in [3.05, 3.63) is 11.6 Å². The maximum Gasteiger partial charge on any atom is 0.0433 e. The van der Waals surface area contributed by atoms with Crippen molar-refractivity contribution in [3.8, 4) is 0 Å². The standard InChI is InChI=1S/C14H24O/c1-10-4-5-13(14(10,2)3)9-12-8-11(12)6-7-15/h4,11-13,15H,5-9H2,1-3H3. The van der Waals surface area contributed by atoms with Crippen LogP contribution in [0.2, 0.25) is 0 Å². The number of rotatable bonds is 4. The Kier molecular flexibility index (Phi) is 2.94. The van der Waals surface area contributed by atoms with Crippen molar-refractivity contribution in [2.45, 2.75) is 46.5 Å². The minimum Gasteiger partial charge on any atom is -0.396 e. The summed E-state index contributed by atoms with van der Waals surface area (Å²) in [6, 6.07) is 0. The lowest BCUT2D eigenvalue weighted by Gasteiger charge is -2.29. The van der Waals surface area contributed by atoms with E-state index in [0.29, 0.717) is 12.0 Å². The molecule has 2 rings (SSSR count). The summed E-state index contributed by atoms with van der Waals surface area (Å²) in [5.41, 5.74) is 2.00. The highest BCUT2D eigenvalue weighted by molar-refractivity contribution is 5.18. The molecule has 1 nitrogen and oxygen atoms in total. The van der Waals surface area contributed by atoms with Gasteiger partial charge in [0.2, 0.25) is 0 Å². The van der Waals surface area contributed by atoms with Crippen molar-refractivity contribution >= 4 is 0 Å². The second kappa shape index (κ2) is 3.93. The topological polar surface area (TPSA) is 20.2 Å². The van der Waals surface area contributed by atoms with Crippen LogP contribution < -0.4 is 0 Å². The van der Waals surface area contributed by atoms with Crippen LogP contribution in [0.25, 0.3) is 0 Å². The van der Waals surface area contributed by atoms with Gasteiger partial charge < -0.3 is 5.11 Å². The third-order valence-electron chi connectivity index (χ3n) is 4.90. The van der Waals surface area contributed by atoms with E-state index in [2.05, 4.69) is 26.8 Å². The molecule has 0 aliphatic heterocycles. The Morgan fingerprint density at radius 3 is 2.67 bits per heavy atom. The fraction of sp³-hybridized carbons (Fsp3) is 0.857. The van der Waals surface area contributed by atoms with Crippen LogP contribution in [0.1, 0.15) is 46.5 Å². The first kappa shape index (κ1) is 11.2. The molecule has 0 aromatic heterocycles. The summed E-state index contributed by atoms with van der Waals surface area (Å²) in [6.45, 7) is 7.43. The van der Waals surface area contributed by atoms with E-state index in [1.165, 1.54) is 19.3 Å². The van der Waals surface area contributed by atoms with E-state index in [4.69, 9.17) is 5.11 Å². The van der Waals surface area contributed by atoms with Gasteiger partial charge in [0.15, 0.2) is 0 Å². The first-order valence-corrected chi connectivity index (χ1v) is 6.33. The molecule has 2 aliphatic carbocycles. The molecule has 0 saturated heterocycles. The molecule has 1 N–H and O–H groups in total. The zero-order valence-electron chi connectivity index (χ0n) is 10.3. The monoisotopic (exact) mass is 208 g/mol. The maximum absolute atomic E-state index is 8.89. The Hall–Kier alpha value is -0.300. The molecule has 0 amide bonds. The predicted octanol–water partition coefficient (Wildman–Crippen LogP) is 3.39. The van der Waals surface area contributed by atoms with Crippen LogP contribution in [-0.4, -0.2) is 11.7 Å². The van der Waals surface area contributed by atoms with Gasteiger partial charge in [-0.3, -0.25) is 0 Å². The Balaban J connectivity index is 1.83. The highest BCUT2D eigenvalue weighted by Crippen LogP contribution is 2.52. The van der Waals surface area contributed by atoms with E-state index >= 15 is 0 Å². The van der Waals surface area contributed by atoms with Crippen molar-refractivity contribution in [1.82, 2.24) is 0 Å². The van der Waals surface area contributed by atoms with Crippen LogP contribution in [0, 0.1) is 23.2 Å². The van der Waals surface area contributed by atoms with Crippen molar-refractivity contribution in [1.29, 1.82) is 0 Å². The Bertz CT molecular complexity index is 265. The minimum absolute atomic E-state index is 0.381. The summed E-state index contributed by atoms with van der Waals surface area (Å²) in [5, 5.41) is 8.89. The maximum atomic E-state index is 8.89. The van der Waals surface area contributed by atoms with Gasteiger partial charge in [0.05, 0.1) is 0 Å². The summed E-state index contributed by atoms with van der Waals surface area (Å²) in [4.78, 5) is 0. The predicted molar refractivity (Wildman–Crippen MR) is 63.6 cm³/mol. The highest BCUT2D eigenvalue weighted by Gasteiger charge is 2.42. The summed E-state index contributed by atoms with van der Waals surface area (Å²) < 4.78 is 0. The van der Waals surface area contributed by atoms with Crippen molar-refractivity contribution in [3.63, 3.8) is 0 Å². The van der Waals surface area contributed by atoms with Crippen molar-refractivity contribution in [2.75, 3.05) is 6.61 Å². The second-order valence-corrected chi connectivity index (χ2v) is 6.05. The fourth-order valence-electron chi connectivity index (χ4n) is 3.07. The fourth-order valence-corrected chi connectivity index (χ4v) is 3.07. The van der Waals surface area contributed by atoms with E-state index in [1.807, 2.05) is 0 Å². The lowest BCUT2D eigenvalue weighted by Crippen LogP contribution is -2.21. The number of hydrogen-bond donors (Lipinski definition) is 1. The van der Waals surface area contributed by atoms with Gasteiger partial charge >= 0.3 is 0 Å². The van der Waals surface area contributed by atoms with Gasteiger partial charge in [-0.25, -0.2) is 0 Å². The molecular formula is C14H24O. The number of aliphatic hydroxyl groups is 1. The van der Waals surface area contributed by atoms with Gasteiger partial charge in [0, 0.05) is 6.61 Å². The second-order valence-electron chi connectivity index (χ2n) is 6.05. The number of hydrogen-bond acceptors (Lipinski definition) is 1. The molecule has 1 fully saturated rings. The lowest BCUT2D eigenvalue weighted by molar-refractivity contribution is 0.248. The molecule has 0 aromatic rings. The molecule has 0 bridgehead atoms. The van der Waals surface area contributed by atoms with Crippen LogP contribution in [0.3, 0.4) is 0 Å². The average molecular weight is 208 g/mol. The lowest BCUT2D eigenvalue weighted by atomic mass is 9.75. The first-order valence-electron chi connectivity index (χ1n) is 6.33. The third kappa shape index (κ3) is 2.13. The molecule has 0 spiro atoms. The van der Waals surface area contributed by atoms with E-state index in [1.54, 1.807) is 5.57 Å². The van der Waals surface area contributed by atoms with Gasteiger partial charge in [0.25, 0.3) is 0 Å². The molecule has 0 aromatic carbocycles. The van der Waals surface area contributed by atoms with Crippen LogP contribution in [0.15, 0.2) is 11.6 Å². The van der Waals surface area contributed by atoms with Crippen LogP contribution in [-0.2, 0) is 0 Å². The van der Waals surface area contributed by atoms with E-state index in [9.17, 15) is 0 Å². The van der Waals surface area contributed by atoms with Crippen LogP contribution >= 0.6 is 0 Å².